The lowest BCUT2D eigenvalue weighted by Crippen LogP contribution is -2.49. The lowest BCUT2D eigenvalue weighted by Gasteiger charge is -2.49. The maximum atomic E-state index is 3.38. The third-order valence-electron chi connectivity index (χ3n) is 4.78. The Kier molecular flexibility index (Phi) is 3.55. The van der Waals surface area contributed by atoms with Crippen LogP contribution in [0.3, 0.4) is 0 Å². The number of hydrogen-bond acceptors (Lipinski definition) is 1. The number of nitrogens with one attached hydrogen (secondary N) is 1. The van der Waals surface area contributed by atoms with Crippen LogP contribution in [0.1, 0.15) is 51.7 Å². The van der Waals surface area contributed by atoms with E-state index in [1.165, 1.54) is 24.0 Å². The van der Waals surface area contributed by atoms with E-state index in [0.29, 0.717) is 5.41 Å². The van der Waals surface area contributed by atoms with E-state index in [1.54, 1.807) is 0 Å². The number of hydrogen-bond donors (Lipinski definition) is 1. The molecule has 0 heterocycles. The van der Waals surface area contributed by atoms with Gasteiger partial charge in [-0.15, -0.1) is 0 Å². The van der Waals surface area contributed by atoms with Crippen LogP contribution in [-0.2, 0) is 10.8 Å². The molecule has 0 amide bonds. The fraction of sp³-hybridized carbons (Fsp3) is 0.647. The molecule has 1 saturated carbocycles. The Morgan fingerprint density at radius 2 is 1.83 bits per heavy atom. The predicted octanol–water partition coefficient (Wildman–Crippen LogP) is 3.87. The molecule has 0 aromatic heterocycles. The van der Waals surface area contributed by atoms with Gasteiger partial charge >= 0.3 is 0 Å². The topological polar surface area (TPSA) is 12.0 Å². The van der Waals surface area contributed by atoms with Gasteiger partial charge in [0.05, 0.1) is 0 Å². The molecule has 1 fully saturated rings. The second kappa shape index (κ2) is 4.70. The molecule has 2 unspecified atom stereocenters. The molecule has 0 aliphatic heterocycles. The third-order valence-corrected chi connectivity index (χ3v) is 4.78. The Morgan fingerprint density at radius 1 is 1.22 bits per heavy atom. The highest BCUT2D eigenvalue weighted by Gasteiger charge is 2.44. The fourth-order valence-corrected chi connectivity index (χ4v) is 3.19. The lowest BCUT2D eigenvalue weighted by atomic mass is 9.57. The molecule has 0 bridgehead atoms. The first-order chi connectivity index (χ1) is 8.40. The summed E-state index contributed by atoms with van der Waals surface area (Å²) in [6, 6.07) is 9.34. The Balaban J connectivity index is 2.28. The molecular formula is C17H27N. The molecule has 1 aromatic carbocycles. The van der Waals surface area contributed by atoms with Crippen LogP contribution in [0.4, 0.5) is 0 Å². The van der Waals surface area contributed by atoms with Gasteiger partial charge in [0.15, 0.2) is 0 Å². The first kappa shape index (κ1) is 13.6. The summed E-state index contributed by atoms with van der Waals surface area (Å²) in [6.07, 6.45) is 2.69. The first-order valence-electron chi connectivity index (χ1n) is 7.16. The van der Waals surface area contributed by atoms with Crippen molar-refractivity contribution >= 4 is 0 Å². The van der Waals surface area contributed by atoms with Crippen molar-refractivity contribution in [1.29, 1.82) is 0 Å². The second-order valence-electron chi connectivity index (χ2n) is 6.95. The van der Waals surface area contributed by atoms with Crippen LogP contribution in [0.25, 0.3) is 0 Å². The smallest absolute Gasteiger partial charge is 0.0103 e. The summed E-state index contributed by atoms with van der Waals surface area (Å²) in [5.74, 6) is 0.797. The first-order valence-corrected chi connectivity index (χ1v) is 7.16. The van der Waals surface area contributed by atoms with Gasteiger partial charge in [-0.25, -0.2) is 0 Å². The van der Waals surface area contributed by atoms with Gasteiger partial charge in [-0.3, -0.25) is 0 Å². The fourth-order valence-electron chi connectivity index (χ4n) is 3.19. The van der Waals surface area contributed by atoms with Crippen LogP contribution < -0.4 is 5.32 Å². The van der Waals surface area contributed by atoms with E-state index in [1.807, 2.05) is 0 Å². The molecule has 1 nitrogen and oxygen atoms in total. The van der Waals surface area contributed by atoms with Crippen LogP contribution >= 0.6 is 0 Å². The molecule has 100 valence electrons. The highest BCUT2D eigenvalue weighted by Crippen LogP contribution is 2.48. The molecule has 1 N–H and O–H groups in total. The molecular weight excluding hydrogens is 218 g/mol. The summed E-state index contributed by atoms with van der Waals surface area (Å²) >= 11 is 0. The van der Waals surface area contributed by atoms with E-state index in [2.05, 4.69) is 64.3 Å². The van der Waals surface area contributed by atoms with E-state index >= 15 is 0 Å². The molecule has 2 atom stereocenters. The third kappa shape index (κ3) is 2.21. The minimum atomic E-state index is 0.250. The lowest BCUT2D eigenvalue weighted by molar-refractivity contribution is 0.137. The van der Waals surface area contributed by atoms with Gasteiger partial charge in [0, 0.05) is 12.0 Å². The highest BCUT2D eigenvalue weighted by molar-refractivity contribution is 5.35. The summed E-state index contributed by atoms with van der Waals surface area (Å²) in [5, 5.41) is 3.38. The van der Waals surface area contributed by atoms with Gasteiger partial charge in [0.1, 0.15) is 0 Å². The number of likely N-dealkylation sites (N-methyl/N-ethyl adjacent to an activating group) is 1. The van der Waals surface area contributed by atoms with Gasteiger partial charge in [-0.05, 0) is 42.3 Å². The summed E-state index contributed by atoms with van der Waals surface area (Å²) in [7, 11) is 2.07. The van der Waals surface area contributed by atoms with Gasteiger partial charge in [-0.2, -0.15) is 0 Å². The molecule has 1 aromatic rings. The molecule has 2 rings (SSSR count). The maximum Gasteiger partial charge on any atom is 0.0103 e. The van der Waals surface area contributed by atoms with Crippen LogP contribution in [0.5, 0.6) is 0 Å². The Hall–Kier alpha value is -0.820. The monoisotopic (exact) mass is 245 g/mol. The highest BCUT2D eigenvalue weighted by atomic mass is 14.8. The molecule has 0 spiro atoms. The average Bonchev–Trinajstić information content (AvgIpc) is 2.33. The van der Waals surface area contributed by atoms with Crippen molar-refractivity contribution in [3.63, 3.8) is 0 Å². The molecule has 1 aliphatic rings. The number of benzene rings is 1. The van der Waals surface area contributed by atoms with Crippen molar-refractivity contribution in [2.75, 3.05) is 13.6 Å². The van der Waals surface area contributed by atoms with Crippen molar-refractivity contribution in [2.24, 2.45) is 5.92 Å². The van der Waals surface area contributed by atoms with Crippen LogP contribution in [0, 0.1) is 5.92 Å². The van der Waals surface area contributed by atoms with Crippen molar-refractivity contribution in [3.05, 3.63) is 35.4 Å². The van der Waals surface area contributed by atoms with Gasteiger partial charge < -0.3 is 5.32 Å². The summed E-state index contributed by atoms with van der Waals surface area (Å²) in [6.45, 7) is 10.3. The van der Waals surface area contributed by atoms with Crippen molar-refractivity contribution in [1.82, 2.24) is 5.32 Å². The summed E-state index contributed by atoms with van der Waals surface area (Å²) < 4.78 is 0. The van der Waals surface area contributed by atoms with E-state index in [0.717, 1.165) is 12.5 Å². The zero-order valence-corrected chi connectivity index (χ0v) is 12.5. The van der Waals surface area contributed by atoms with Gasteiger partial charge in [-0.1, -0.05) is 52.0 Å². The average molecular weight is 245 g/mol. The number of rotatable bonds is 3. The largest absolute Gasteiger partial charge is 0.319 e. The zero-order valence-electron chi connectivity index (χ0n) is 12.5. The minimum Gasteiger partial charge on any atom is -0.319 e. The zero-order chi connectivity index (χ0) is 13.4. The van der Waals surface area contributed by atoms with E-state index in [9.17, 15) is 0 Å². The van der Waals surface area contributed by atoms with Crippen LogP contribution in [0.15, 0.2) is 24.3 Å². The molecule has 18 heavy (non-hydrogen) atoms. The molecule has 1 aliphatic carbocycles. The summed E-state index contributed by atoms with van der Waals surface area (Å²) in [5.41, 5.74) is 3.58. The van der Waals surface area contributed by atoms with E-state index in [4.69, 9.17) is 0 Å². The van der Waals surface area contributed by atoms with Gasteiger partial charge in [0.25, 0.3) is 0 Å². The Morgan fingerprint density at radius 3 is 2.17 bits per heavy atom. The van der Waals surface area contributed by atoms with E-state index in [-0.39, 0.29) is 5.41 Å². The quantitative estimate of drug-likeness (QED) is 0.852. The van der Waals surface area contributed by atoms with Crippen molar-refractivity contribution in [3.8, 4) is 0 Å². The van der Waals surface area contributed by atoms with Crippen molar-refractivity contribution < 1.29 is 0 Å². The SMILES string of the molecule is CNCC1(c2ccc(C(C)(C)C)cc2)CCC1C. The predicted molar refractivity (Wildman–Crippen MR) is 79.1 cm³/mol. The molecule has 0 saturated heterocycles. The van der Waals surface area contributed by atoms with Gasteiger partial charge in [0.2, 0.25) is 0 Å². The van der Waals surface area contributed by atoms with Crippen molar-refractivity contribution in [2.45, 2.75) is 51.4 Å². The maximum absolute atomic E-state index is 3.38. The molecule has 0 radical (unpaired) electrons. The van der Waals surface area contributed by atoms with Crippen LogP contribution in [-0.4, -0.2) is 13.6 Å². The minimum absolute atomic E-state index is 0.250. The normalized spacial score (nSPS) is 27.9. The molecule has 1 heteroatoms. The van der Waals surface area contributed by atoms with Crippen LogP contribution in [0.2, 0.25) is 0 Å². The van der Waals surface area contributed by atoms with E-state index < -0.39 is 0 Å². The standard InChI is InChI=1S/C17H27N/c1-13-10-11-17(13,12-18-5)15-8-6-14(7-9-15)16(2,3)4/h6-9,13,18H,10-12H2,1-5H3. The summed E-state index contributed by atoms with van der Waals surface area (Å²) in [4.78, 5) is 0. The second-order valence-corrected chi connectivity index (χ2v) is 6.95. The Bertz CT molecular complexity index is 399. The Labute approximate surface area is 112 Å².